The molecule has 0 saturated carbocycles. The minimum atomic E-state index is -1.09. The predicted molar refractivity (Wildman–Crippen MR) is 97.2 cm³/mol. The second-order valence-corrected chi connectivity index (χ2v) is 6.88. The molecule has 0 spiro atoms. The fourth-order valence-electron chi connectivity index (χ4n) is 2.31. The monoisotopic (exact) mass is 377 g/mol. The van der Waals surface area contributed by atoms with E-state index in [2.05, 4.69) is 5.32 Å². The number of rotatable bonds is 5. The number of carbonyl (C=O) groups is 2. The number of hydrogen-bond acceptors (Lipinski definition) is 4. The first-order valence-corrected chi connectivity index (χ1v) is 8.24. The van der Waals surface area contributed by atoms with Gasteiger partial charge >= 0.3 is 6.09 Å². The molecule has 0 bridgehead atoms. The molecule has 0 saturated heterocycles. The van der Waals surface area contributed by atoms with Crippen molar-refractivity contribution in [3.8, 4) is 5.75 Å². The van der Waals surface area contributed by atoms with E-state index in [0.717, 1.165) is 12.1 Å². The molecule has 2 aromatic rings. The lowest BCUT2D eigenvalue weighted by atomic mass is 10.0. The number of methoxy groups -OCH3 is 1. The molecule has 0 radical (unpaired) electrons. The summed E-state index contributed by atoms with van der Waals surface area (Å²) in [6.45, 7) is 5.18. The van der Waals surface area contributed by atoms with Crippen LogP contribution in [0, 0.1) is 11.6 Å². The van der Waals surface area contributed by atoms with Gasteiger partial charge in [-0.2, -0.15) is 0 Å². The molecule has 0 unspecified atom stereocenters. The Morgan fingerprint density at radius 2 is 1.74 bits per heavy atom. The average molecular weight is 377 g/mol. The molecule has 0 aliphatic carbocycles. The second kappa shape index (κ2) is 8.16. The van der Waals surface area contributed by atoms with E-state index in [1.54, 1.807) is 39.0 Å². The normalized spacial score (nSPS) is 11.0. The Morgan fingerprint density at radius 3 is 2.33 bits per heavy atom. The van der Waals surface area contributed by atoms with E-state index in [-0.39, 0.29) is 12.0 Å². The number of carbonyl (C=O) groups excluding carboxylic acids is 2. The molecule has 1 amide bonds. The van der Waals surface area contributed by atoms with Gasteiger partial charge in [0.05, 0.1) is 12.8 Å². The summed E-state index contributed by atoms with van der Waals surface area (Å²) in [5.41, 5.74) is 0.161. The maximum Gasteiger partial charge on any atom is 0.412 e. The van der Waals surface area contributed by atoms with Crippen LogP contribution in [0.15, 0.2) is 36.4 Å². The smallest absolute Gasteiger partial charge is 0.412 e. The van der Waals surface area contributed by atoms with Crippen molar-refractivity contribution >= 4 is 17.6 Å². The van der Waals surface area contributed by atoms with E-state index >= 15 is 0 Å². The van der Waals surface area contributed by atoms with E-state index < -0.39 is 29.1 Å². The summed E-state index contributed by atoms with van der Waals surface area (Å²) in [7, 11) is 1.47. The molecular weight excluding hydrogens is 356 g/mol. The van der Waals surface area contributed by atoms with E-state index in [9.17, 15) is 18.4 Å². The fourth-order valence-corrected chi connectivity index (χ4v) is 2.31. The van der Waals surface area contributed by atoms with Gasteiger partial charge in [0, 0.05) is 18.1 Å². The van der Waals surface area contributed by atoms with Crippen molar-refractivity contribution < 1.29 is 27.8 Å². The summed E-state index contributed by atoms with van der Waals surface area (Å²) in [5.74, 6) is -2.07. The van der Waals surface area contributed by atoms with Crippen molar-refractivity contribution in [2.75, 3.05) is 12.4 Å². The number of amides is 1. The minimum absolute atomic E-state index is 0.0351. The molecule has 144 valence electrons. The Balaban J connectivity index is 2.26. The first kappa shape index (κ1) is 20.4. The third kappa shape index (κ3) is 5.77. The highest BCUT2D eigenvalue weighted by atomic mass is 19.2. The number of ether oxygens (including phenoxy) is 2. The van der Waals surface area contributed by atoms with Gasteiger partial charge in [0.2, 0.25) is 0 Å². The van der Waals surface area contributed by atoms with Crippen molar-refractivity contribution in [3.63, 3.8) is 0 Å². The fraction of sp³-hybridized carbons (Fsp3) is 0.300. The molecule has 0 aliphatic heterocycles. The number of benzene rings is 2. The summed E-state index contributed by atoms with van der Waals surface area (Å²) in [6.07, 6.45) is -0.808. The Kier molecular flexibility index (Phi) is 6.15. The van der Waals surface area contributed by atoms with Gasteiger partial charge in [-0.25, -0.2) is 13.6 Å². The molecule has 7 heteroatoms. The van der Waals surface area contributed by atoms with E-state index in [0.29, 0.717) is 17.0 Å². The molecule has 1 N–H and O–H groups in total. The van der Waals surface area contributed by atoms with Crippen molar-refractivity contribution in [1.29, 1.82) is 0 Å². The largest absolute Gasteiger partial charge is 0.497 e. The summed E-state index contributed by atoms with van der Waals surface area (Å²) in [6, 6.07) is 7.76. The van der Waals surface area contributed by atoms with Gasteiger partial charge in [0.15, 0.2) is 17.4 Å². The van der Waals surface area contributed by atoms with Crippen molar-refractivity contribution in [2.24, 2.45) is 0 Å². The van der Waals surface area contributed by atoms with Crippen LogP contribution < -0.4 is 10.1 Å². The second-order valence-electron chi connectivity index (χ2n) is 6.88. The lowest BCUT2D eigenvalue weighted by Crippen LogP contribution is -2.27. The Bertz CT molecular complexity index is 860. The average Bonchev–Trinajstić information content (AvgIpc) is 2.57. The maximum atomic E-state index is 13.4. The van der Waals surface area contributed by atoms with Crippen LogP contribution in [-0.2, 0) is 11.2 Å². The number of Topliss-reactive ketones (excluding diaryl/α,β-unsaturated/α-hetero) is 1. The van der Waals surface area contributed by atoms with Crippen molar-refractivity contribution in [3.05, 3.63) is 59.2 Å². The standard InChI is InChI=1S/C20H21F2NO4/c1-20(2,3)27-19(25)23-17-11-14(26-4)7-5-12(17)10-18(24)13-6-8-15(21)16(22)9-13/h5-9,11H,10H2,1-4H3,(H,23,25). The number of ketones is 1. The van der Waals surface area contributed by atoms with Gasteiger partial charge in [-0.15, -0.1) is 0 Å². The quantitative estimate of drug-likeness (QED) is 0.764. The summed E-state index contributed by atoms with van der Waals surface area (Å²) in [5, 5.41) is 2.59. The molecule has 5 nitrogen and oxygen atoms in total. The summed E-state index contributed by atoms with van der Waals surface area (Å²) in [4.78, 5) is 24.5. The van der Waals surface area contributed by atoms with Crippen LogP contribution in [0.25, 0.3) is 0 Å². The van der Waals surface area contributed by atoms with Gasteiger partial charge in [-0.1, -0.05) is 6.07 Å². The number of halogens is 2. The Hall–Kier alpha value is -2.96. The van der Waals surface area contributed by atoms with Crippen LogP contribution in [0.5, 0.6) is 5.75 Å². The van der Waals surface area contributed by atoms with Crippen molar-refractivity contribution in [1.82, 2.24) is 0 Å². The van der Waals surface area contributed by atoms with Crippen LogP contribution in [0.1, 0.15) is 36.7 Å². The number of anilines is 1. The Labute approximate surface area is 156 Å². The van der Waals surface area contributed by atoms with Crippen LogP contribution >= 0.6 is 0 Å². The molecule has 2 aromatic carbocycles. The molecule has 0 aromatic heterocycles. The van der Waals surface area contributed by atoms with Gasteiger partial charge in [-0.3, -0.25) is 10.1 Å². The predicted octanol–water partition coefficient (Wildman–Crippen LogP) is 4.75. The molecule has 2 rings (SSSR count). The van der Waals surface area contributed by atoms with Crippen LogP contribution in [-0.4, -0.2) is 24.6 Å². The topological polar surface area (TPSA) is 64.6 Å². The Morgan fingerprint density at radius 1 is 1.04 bits per heavy atom. The highest BCUT2D eigenvalue weighted by molar-refractivity contribution is 5.99. The number of hydrogen-bond donors (Lipinski definition) is 1. The first-order valence-electron chi connectivity index (χ1n) is 8.24. The molecule has 0 heterocycles. The zero-order valence-electron chi connectivity index (χ0n) is 15.6. The third-order valence-electron chi connectivity index (χ3n) is 3.55. The molecule has 0 aliphatic rings. The molecular formula is C20H21F2NO4. The summed E-state index contributed by atoms with van der Waals surface area (Å²) < 4.78 is 36.8. The highest BCUT2D eigenvalue weighted by Gasteiger charge is 2.19. The number of nitrogens with one attached hydrogen (secondary N) is 1. The lowest BCUT2D eigenvalue weighted by Gasteiger charge is -2.20. The minimum Gasteiger partial charge on any atom is -0.497 e. The first-order chi connectivity index (χ1) is 12.6. The molecule has 0 atom stereocenters. The molecule has 0 fully saturated rings. The van der Waals surface area contributed by atoms with Gasteiger partial charge < -0.3 is 9.47 Å². The maximum absolute atomic E-state index is 13.4. The SMILES string of the molecule is COc1ccc(CC(=O)c2ccc(F)c(F)c2)c(NC(=O)OC(C)(C)C)c1. The third-order valence-corrected chi connectivity index (χ3v) is 3.55. The van der Waals surface area contributed by atoms with Crippen LogP contribution in [0.3, 0.4) is 0 Å². The van der Waals surface area contributed by atoms with E-state index in [4.69, 9.17) is 9.47 Å². The van der Waals surface area contributed by atoms with Gasteiger partial charge in [0.1, 0.15) is 11.4 Å². The van der Waals surface area contributed by atoms with Crippen LogP contribution in [0.4, 0.5) is 19.3 Å². The van der Waals surface area contributed by atoms with E-state index in [1.807, 2.05) is 0 Å². The van der Waals surface area contributed by atoms with E-state index in [1.165, 1.54) is 13.2 Å². The molecule has 27 heavy (non-hydrogen) atoms. The zero-order valence-corrected chi connectivity index (χ0v) is 15.6. The zero-order chi connectivity index (χ0) is 20.2. The highest BCUT2D eigenvalue weighted by Crippen LogP contribution is 2.25. The lowest BCUT2D eigenvalue weighted by molar-refractivity contribution is 0.0635. The summed E-state index contributed by atoms with van der Waals surface area (Å²) >= 11 is 0. The van der Waals surface area contributed by atoms with Crippen molar-refractivity contribution in [2.45, 2.75) is 32.8 Å². The van der Waals surface area contributed by atoms with Gasteiger partial charge in [0.25, 0.3) is 0 Å². The van der Waals surface area contributed by atoms with Crippen LogP contribution in [0.2, 0.25) is 0 Å². The van der Waals surface area contributed by atoms with Gasteiger partial charge in [-0.05, 0) is 50.6 Å².